The van der Waals surface area contributed by atoms with Crippen LogP contribution in [0.5, 0.6) is 5.75 Å². The maximum absolute atomic E-state index is 12.7. The molecule has 1 aliphatic carbocycles. The van der Waals surface area contributed by atoms with E-state index in [4.69, 9.17) is 4.74 Å². The molecule has 0 spiro atoms. The van der Waals surface area contributed by atoms with Crippen LogP contribution in [-0.4, -0.2) is 39.1 Å². The molecule has 0 unspecified atom stereocenters. The lowest BCUT2D eigenvalue weighted by atomic mass is 10.1. The van der Waals surface area contributed by atoms with E-state index in [2.05, 4.69) is 64.4 Å². The lowest BCUT2D eigenvalue weighted by Gasteiger charge is -2.37. The van der Waals surface area contributed by atoms with Gasteiger partial charge in [0.1, 0.15) is 5.75 Å². The highest BCUT2D eigenvalue weighted by atomic mass is 16.5. The maximum atomic E-state index is 12.7. The van der Waals surface area contributed by atoms with Crippen molar-refractivity contribution < 1.29 is 9.53 Å². The van der Waals surface area contributed by atoms with E-state index in [0.717, 1.165) is 54.2 Å². The summed E-state index contributed by atoms with van der Waals surface area (Å²) in [5.41, 5.74) is 6.27. The van der Waals surface area contributed by atoms with Crippen molar-refractivity contribution in [2.75, 3.05) is 43.1 Å². The SMILES string of the molecule is COc1ccc2c(c1)C/C(=C/c1ccc(N3CCN(c4ccccc4)CC3)cc1)C2=O. The fourth-order valence-corrected chi connectivity index (χ4v) is 4.48. The summed E-state index contributed by atoms with van der Waals surface area (Å²) in [4.78, 5) is 17.6. The van der Waals surface area contributed by atoms with Crippen LogP contribution in [0.1, 0.15) is 21.5 Å². The highest BCUT2D eigenvalue weighted by Gasteiger charge is 2.25. The van der Waals surface area contributed by atoms with Crippen LogP contribution >= 0.6 is 0 Å². The van der Waals surface area contributed by atoms with Crippen molar-refractivity contribution in [3.8, 4) is 5.75 Å². The number of hydrogen-bond donors (Lipinski definition) is 0. The molecule has 2 aliphatic rings. The lowest BCUT2D eigenvalue weighted by Crippen LogP contribution is -2.46. The number of rotatable bonds is 4. The number of nitrogens with zero attached hydrogens (tertiary/aromatic N) is 2. The number of para-hydroxylation sites is 1. The number of Topliss-reactive ketones (excluding diaryl/α,β-unsaturated/α-hetero) is 1. The van der Waals surface area contributed by atoms with Gasteiger partial charge in [-0.3, -0.25) is 4.79 Å². The molecule has 156 valence electrons. The monoisotopic (exact) mass is 410 g/mol. The first-order chi connectivity index (χ1) is 15.2. The van der Waals surface area contributed by atoms with Crippen LogP contribution in [0, 0.1) is 0 Å². The molecule has 0 aromatic heterocycles. The van der Waals surface area contributed by atoms with Crippen LogP contribution < -0.4 is 14.5 Å². The fourth-order valence-electron chi connectivity index (χ4n) is 4.48. The Morgan fingerprint density at radius 3 is 2.10 bits per heavy atom. The van der Waals surface area contributed by atoms with E-state index in [-0.39, 0.29) is 5.78 Å². The molecule has 31 heavy (non-hydrogen) atoms. The molecule has 0 amide bonds. The summed E-state index contributed by atoms with van der Waals surface area (Å²) in [6.45, 7) is 4.05. The summed E-state index contributed by atoms with van der Waals surface area (Å²) in [6, 6.07) is 24.9. The van der Waals surface area contributed by atoms with Gasteiger partial charge in [0.05, 0.1) is 7.11 Å². The minimum atomic E-state index is 0.124. The van der Waals surface area contributed by atoms with E-state index in [9.17, 15) is 4.79 Å². The fraction of sp³-hybridized carbons (Fsp3) is 0.222. The van der Waals surface area contributed by atoms with E-state index in [0.29, 0.717) is 6.42 Å². The normalized spacial score (nSPS) is 17.2. The van der Waals surface area contributed by atoms with Crippen molar-refractivity contribution >= 4 is 23.2 Å². The molecular formula is C27H26N2O2. The molecule has 4 nitrogen and oxygen atoms in total. The lowest BCUT2D eigenvalue weighted by molar-refractivity contribution is 0.104. The molecule has 0 radical (unpaired) electrons. The quantitative estimate of drug-likeness (QED) is 0.576. The Hall–Kier alpha value is -3.53. The van der Waals surface area contributed by atoms with Crippen molar-refractivity contribution in [3.63, 3.8) is 0 Å². The first kappa shape index (κ1) is 19.4. The van der Waals surface area contributed by atoms with E-state index >= 15 is 0 Å². The van der Waals surface area contributed by atoms with Crippen molar-refractivity contribution in [2.45, 2.75) is 6.42 Å². The van der Waals surface area contributed by atoms with E-state index in [1.165, 1.54) is 11.4 Å². The number of ketones is 1. The largest absolute Gasteiger partial charge is 0.497 e. The van der Waals surface area contributed by atoms with Crippen molar-refractivity contribution in [1.82, 2.24) is 0 Å². The molecule has 1 fully saturated rings. The Balaban J connectivity index is 1.25. The van der Waals surface area contributed by atoms with Crippen molar-refractivity contribution in [1.29, 1.82) is 0 Å². The Kier molecular flexibility index (Phi) is 5.21. The molecule has 0 bridgehead atoms. The number of benzene rings is 3. The second kappa shape index (κ2) is 8.31. The number of piperazine rings is 1. The zero-order chi connectivity index (χ0) is 21.2. The number of anilines is 2. The summed E-state index contributed by atoms with van der Waals surface area (Å²) in [7, 11) is 1.65. The third kappa shape index (κ3) is 3.93. The predicted molar refractivity (Wildman–Crippen MR) is 126 cm³/mol. The van der Waals surface area contributed by atoms with E-state index in [1.807, 2.05) is 24.3 Å². The molecule has 3 aromatic rings. The number of carbonyl (C=O) groups is 1. The number of carbonyl (C=O) groups excluding carboxylic acids is 1. The first-order valence-electron chi connectivity index (χ1n) is 10.8. The molecule has 0 saturated carbocycles. The molecule has 4 heteroatoms. The standard InChI is InChI=1S/C27H26N2O2/c1-31-25-11-12-26-21(19-25)18-22(27(26)30)17-20-7-9-24(10-8-20)29-15-13-28(14-16-29)23-5-3-2-4-6-23/h2-12,17,19H,13-16,18H2,1H3/b22-17-. The minimum Gasteiger partial charge on any atom is -0.497 e. The maximum Gasteiger partial charge on any atom is 0.189 e. The summed E-state index contributed by atoms with van der Waals surface area (Å²) in [5, 5.41) is 0. The third-order valence-corrected chi connectivity index (χ3v) is 6.23. The second-order valence-corrected chi connectivity index (χ2v) is 8.10. The first-order valence-corrected chi connectivity index (χ1v) is 10.8. The van der Waals surface area contributed by atoms with Gasteiger partial charge in [0.25, 0.3) is 0 Å². The van der Waals surface area contributed by atoms with Crippen LogP contribution in [0.2, 0.25) is 0 Å². The zero-order valence-electron chi connectivity index (χ0n) is 17.8. The molecular weight excluding hydrogens is 384 g/mol. The van der Waals surface area contributed by atoms with Gasteiger partial charge in [-0.05, 0) is 59.7 Å². The van der Waals surface area contributed by atoms with Gasteiger partial charge in [0.2, 0.25) is 0 Å². The smallest absolute Gasteiger partial charge is 0.189 e. The van der Waals surface area contributed by atoms with E-state index in [1.54, 1.807) is 7.11 Å². The zero-order valence-corrected chi connectivity index (χ0v) is 17.8. The van der Waals surface area contributed by atoms with E-state index < -0.39 is 0 Å². The van der Waals surface area contributed by atoms with Crippen LogP contribution in [0.3, 0.4) is 0 Å². The van der Waals surface area contributed by atoms with Gasteiger partial charge in [-0.15, -0.1) is 0 Å². The summed E-state index contributed by atoms with van der Waals surface area (Å²) >= 11 is 0. The summed E-state index contributed by atoms with van der Waals surface area (Å²) in [5.74, 6) is 0.920. The number of allylic oxidation sites excluding steroid dienone is 1. The second-order valence-electron chi connectivity index (χ2n) is 8.10. The van der Waals surface area contributed by atoms with Gasteiger partial charge in [0, 0.05) is 55.1 Å². The van der Waals surface area contributed by atoms with Crippen LogP contribution in [0.4, 0.5) is 11.4 Å². The van der Waals surface area contributed by atoms with Gasteiger partial charge >= 0.3 is 0 Å². The average Bonchev–Trinajstić information content (AvgIpc) is 3.14. The Labute approximate surface area is 183 Å². The minimum absolute atomic E-state index is 0.124. The number of hydrogen-bond acceptors (Lipinski definition) is 4. The highest BCUT2D eigenvalue weighted by Crippen LogP contribution is 2.31. The summed E-state index contributed by atoms with van der Waals surface area (Å²) in [6.07, 6.45) is 2.68. The number of methoxy groups -OCH3 is 1. The molecule has 0 atom stereocenters. The van der Waals surface area contributed by atoms with Crippen molar-refractivity contribution in [2.24, 2.45) is 0 Å². The molecule has 0 N–H and O–H groups in total. The number of ether oxygens (including phenoxy) is 1. The highest BCUT2D eigenvalue weighted by molar-refractivity contribution is 6.15. The molecule has 1 saturated heterocycles. The summed E-state index contributed by atoms with van der Waals surface area (Å²) < 4.78 is 5.29. The van der Waals surface area contributed by atoms with Crippen LogP contribution in [0.25, 0.3) is 6.08 Å². The molecule has 1 heterocycles. The Bertz CT molecular complexity index is 1110. The molecule has 5 rings (SSSR count). The van der Waals surface area contributed by atoms with Crippen LogP contribution in [-0.2, 0) is 6.42 Å². The average molecular weight is 411 g/mol. The Morgan fingerprint density at radius 1 is 0.806 bits per heavy atom. The van der Waals surface area contributed by atoms with Gasteiger partial charge in [-0.1, -0.05) is 30.3 Å². The molecule has 3 aromatic carbocycles. The molecule has 1 aliphatic heterocycles. The predicted octanol–water partition coefficient (Wildman–Crippen LogP) is 4.84. The van der Waals surface area contributed by atoms with Crippen LogP contribution in [0.15, 0.2) is 78.4 Å². The van der Waals surface area contributed by atoms with Gasteiger partial charge in [-0.25, -0.2) is 0 Å². The van der Waals surface area contributed by atoms with Crippen molar-refractivity contribution in [3.05, 3.63) is 95.1 Å². The Morgan fingerprint density at radius 2 is 1.45 bits per heavy atom. The topological polar surface area (TPSA) is 32.8 Å². The van der Waals surface area contributed by atoms with Gasteiger partial charge in [0.15, 0.2) is 5.78 Å². The number of fused-ring (bicyclic) bond motifs is 1. The van der Waals surface area contributed by atoms with Gasteiger partial charge in [-0.2, -0.15) is 0 Å². The van der Waals surface area contributed by atoms with Gasteiger partial charge < -0.3 is 14.5 Å². The third-order valence-electron chi connectivity index (χ3n) is 6.23.